The van der Waals surface area contributed by atoms with E-state index in [-0.39, 0.29) is 30.7 Å². The van der Waals surface area contributed by atoms with Crippen LogP contribution in [0.5, 0.6) is 5.75 Å². The Bertz CT molecular complexity index is 845. The Morgan fingerprint density at radius 3 is 2.19 bits per heavy atom. The number of rotatable bonds is 13. The second-order valence-electron chi connectivity index (χ2n) is 7.55. The van der Waals surface area contributed by atoms with Gasteiger partial charge in [-0.1, -0.05) is 44.0 Å². The van der Waals surface area contributed by atoms with Crippen molar-refractivity contribution in [1.29, 1.82) is 0 Å². The highest BCUT2D eigenvalue weighted by Gasteiger charge is 2.24. The number of ether oxygens (including phenoxy) is 1. The van der Waals surface area contributed by atoms with Crippen molar-refractivity contribution in [3.63, 3.8) is 0 Å². The van der Waals surface area contributed by atoms with Gasteiger partial charge in [0, 0.05) is 18.5 Å². The van der Waals surface area contributed by atoms with Crippen molar-refractivity contribution in [1.82, 2.24) is 5.32 Å². The largest absolute Gasteiger partial charge is 0.497 e. The minimum atomic E-state index is -0.950. The predicted octanol–water partition coefficient (Wildman–Crippen LogP) is 4.55. The van der Waals surface area contributed by atoms with E-state index in [1.54, 1.807) is 19.2 Å². The molecule has 2 rings (SSSR count). The molecule has 0 aromatic heterocycles. The molecule has 0 radical (unpaired) electrons. The molecule has 0 heterocycles. The Kier molecular flexibility index (Phi) is 9.75. The highest BCUT2D eigenvalue weighted by molar-refractivity contribution is 5.94. The number of carbonyl (C=O) groups is 3. The molecule has 2 unspecified atom stereocenters. The average molecular weight is 426 g/mol. The van der Waals surface area contributed by atoms with Gasteiger partial charge in [0.2, 0.25) is 0 Å². The molecule has 1 amide bonds. The van der Waals surface area contributed by atoms with Crippen molar-refractivity contribution in [3.8, 4) is 5.75 Å². The van der Waals surface area contributed by atoms with Crippen LogP contribution in [0.1, 0.15) is 72.3 Å². The summed E-state index contributed by atoms with van der Waals surface area (Å²) in [6.07, 6.45) is 4.30. The molecule has 0 aliphatic rings. The topological polar surface area (TPSA) is 92.7 Å². The van der Waals surface area contributed by atoms with Gasteiger partial charge >= 0.3 is 5.97 Å². The number of nitrogens with one attached hydrogen (secondary N) is 1. The van der Waals surface area contributed by atoms with Gasteiger partial charge in [0.25, 0.3) is 5.91 Å². The number of carbonyl (C=O) groups excluding carboxylic acids is 2. The van der Waals surface area contributed by atoms with Crippen LogP contribution in [-0.4, -0.2) is 36.9 Å². The summed E-state index contributed by atoms with van der Waals surface area (Å²) < 4.78 is 5.26. The number of hydrogen-bond acceptors (Lipinski definition) is 4. The number of carboxylic acids is 1. The molecule has 0 aliphatic heterocycles. The van der Waals surface area contributed by atoms with Gasteiger partial charge in [0.05, 0.1) is 13.5 Å². The fraction of sp³-hybridized carbons (Fsp3) is 0.400. The summed E-state index contributed by atoms with van der Waals surface area (Å²) in [5.74, 6) is -0.295. The van der Waals surface area contributed by atoms with Gasteiger partial charge in [-0.05, 0) is 53.6 Å². The van der Waals surface area contributed by atoms with Crippen molar-refractivity contribution in [2.24, 2.45) is 0 Å². The summed E-state index contributed by atoms with van der Waals surface area (Å²) in [5.41, 5.74) is 2.66. The molecule has 0 aliphatic carbocycles. The second kappa shape index (κ2) is 12.5. The van der Waals surface area contributed by atoms with Crippen LogP contribution in [0.25, 0.3) is 0 Å². The van der Waals surface area contributed by atoms with Crippen molar-refractivity contribution in [2.45, 2.75) is 50.9 Å². The van der Waals surface area contributed by atoms with Gasteiger partial charge in [-0.15, -0.1) is 0 Å². The van der Waals surface area contributed by atoms with Crippen molar-refractivity contribution in [2.75, 3.05) is 13.7 Å². The first kappa shape index (κ1) is 24.1. The number of aldehydes is 1. The van der Waals surface area contributed by atoms with E-state index in [1.807, 2.05) is 36.4 Å². The third kappa shape index (κ3) is 7.24. The lowest BCUT2D eigenvalue weighted by atomic mass is 9.77. The van der Waals surface area contributed by atoms with Crippen molar-refractivity contribution >= 4 is 18.2 Å². The molecule has 0 saturated heterocycles. The molecule has 2 aromatic carbocycles. The summed E-state index contributed by atoms with van der Waals surface area (Å²) in [6.45, 7) is 2.23. The maximum absolute atomic E-state index is 12.2. The van der Waals surface area contributed by atoms with E-state index in [2.05, 4.69) is 12.2 Å². The van der Waals surface area contributed by atoms with Crippen LogP contribution in [0.4, 0.5) is 0 Å². The Balaban J connectivity index is 2.25. The van der Waals surface area contributed by atoms with E-state index in [4.69, 9.17) is 9.84 Å². The molecule has 2 N–H and O–H groups in total. The zero-order chi connectivity index (χ0) is 22.6. The van der Waals surface area contributed by atoms with Crippen molar-refractivity contribution < 1.29 is 24.2 Å². The summed E-state index contributed by atoms with van der Waals surface area (Å²) in [6, 6.07) is 15.2. The lowest BCUT2D eigenvalue weighted by Crippen LogP contribution is -2.26. The van der Waals surface area contributed by atoms with Gasteiger partial charge in [0.1, 0.15) is 12.0 Å². The molecule has 0 bridgehead atoms. The quantitative estimate of drug-likeness (QED) is 0.460. The third-order valence-corrected chi connectivity index (χ3v) is 5.47. The monoisotopic (exact) mass is 425 g/mol. The fourth-order valence-electron chi connectivity index (χ4n) is 3.78. The molecule has 6 nitrogen and oxygen atoms in total. The third-order valence-electron chi connectivity index (χ3n) is 5.47. The van der Waals surface area contributed by atoms with E-state index in [0.29, 0.717) is 12.0 Å². The zero-order valence-electron chi connectivity index (χ0n) is 18.2. The maximum atomic E-state index is 12.2. The van der Waals surface area contributed by atoms with E-state index in [9.17, 15) is 14.4 Å². The first-order chi connectivity index (χ1) is 15.0. The lowest BCUT2D eigenvalue weighted by molar-refractivity contribution is -0.136. The number of carboxylic acid groups (broad SMARTS) is 1. The Labute approximate surface area is 183 Å². The molecule has 0 fully saturated rings. The molecule has 31 heavy (non-hydrogen) atoms. The van der Waals surface area contributed by atoms with E-state index < -0.39 is 5.97 Å². The Morgan fingerprint density at radius 1 is 1.03 bits per heavy atom. The van der Waals surface area contributed by atoms with Gasteiger partial charge in [0.15, 0.2) is 0 Å². The Hall–Kier alpha value is -3.15. The number of aliphatic carboxylic acids is 1. The van der Waals surface area contributed by atoms with Gasteiger partial charge < -0.3 is 20.0 Å². The summed E-state index contributed by atoms with van der Waals surface area (Å²) >= 11 is 0. The first-order valence-corrected chi connectivity index (χ1v) is 10.7. The van der Waals surface area contributed by atoms with Crippen LogP contribution in [0.2, 0.25) is 0 Å². The normalized spacial score (nSPS) is 12.6. The molecule has 166 valence electrons. The van der Waals surface area contributed by atoms with Gasteiger partial charge in [-0.2, -0.15) is 0 Å². The number of amides is 1. The molecular formula is C25H31NO5. The SMILES string of the molecule is CCCCC(c1ccc(C(=O)NCCC(=O)O)cc1)C(CC=O)c1ccc(OC)cc1. The summed E-state index contributed by atoms with van der Waals surface area (Å²) in [4.78, 5) is 34.3. The Morgan fingerprint density at radius 2 is 1.65 bits per heavy atom. The molecule has 0 spiro atoms. The summed E-state index contributed by atoms with van der Waals surface area (Å²) in [5, 5.41) is 11.3. The minimum absolute atomic E-state index is 0.0326. The maximum Gasteiger partial charge on any atom is 0.305 e. The van der Waals surface area contributed by atoms with E-state index >= 15 is 0 Å². The molecule has 6 heteroatoms. The highest BCUT2D eigenvalue weighted by Crippen LogP contribution is 2.39. The molecule has 0 saturated carbocycles. The van der Waals surface area contributed by atoms with Crippen LogP contribution < -0.4 is 10.1 Å². The average Bonchev–Trinajstić information content (AvgIpc) is 2.78. The lowest BCUT2D eigenvalue weighted by Gasteiger charge is -2.27. The fourth-order valence-corrected chi connectivity index (χ4v) is 3.78. The van der Waals surface area contributed by atoms with E-state index in [0.717, 1.165) is 42.4 Å². The standard InChI is InChI=1S/C25H31NO5/c1-3-4-5-22(23(15-17-27)19-10-12-21(31-2)13-11-19)18-6-8-20(9-7-18)25(30)26-16-14-24(28)29/h6-13,17,22-23H,3-5,14-16H2,1-2H3,(H,26,30)(H,28,29). The molecule has 2 aromatic rings. The minimum Gasteiger partial charge on any atom is -0.497 e. The van der Waals surface area contributed by atoms with Crippen LogP contribution in [0, 0.1) is 0 Å². The smallest absolute Gasteiger partial charge is 0.305 e. The molecular weight excluding hydrogens is 394 g/mol. The number of benzene rings is 2. The van der Waals surface area contributed by atoms with Crippen LogP contribution in [-0.2, 0) is 9.59 Å². The highest BCUT2D eigenvalue weighted by atomic mass is 16.5. The number of methoxy groups -OCH3 is 1. The number of unbranched alkanes of at least 4 members (excludes halogenated alkanes) is 1. The second-order valence-corrected chi connectivity index (χ2v) is 7.55. The first-order valence-electron chi connectivity index (χ1n) is 10.7. The molecule has 2 atom stereocenters. The van der Waals surface area contributed by atoms with Gasteiger partial charge in [-0.25, -0.2) is 0 Å². The predicted molar refractivity (Wildman–Crippen MR) is 120 cm³/mol. The number of hydrogen-bond donors (Lipinski definition) is 2. The zero-order valence-corrected chi connectivity index (χ0v) is 18.2. The van der Waals surface area contributed by atoms with Crippen LogP contribution in [0.15, 0.2) is 48.5 Å². The van der Waals surface area contributed by atoms with Crippen molar-refractivity contribution in [3.05, 3.63) is 65.2 Å². The van der Waals surface area contributed by atoms with Crippen LogP contribution in [0.3, 0.4) is 0 Å². The van der Waals surface area contributed by atoms with Crippen LogP contribution >= 0.6 is 0 Å². The van der Waals surface area contributed by atoms with Gasteiger partial charge in [-0.3, -0.25) is 9.59 Å². The van der Waals surface area contributed by atoms with E-state index in [1.165, 1.54) is 0 Å². The summed E-state index contributed by atoms with van der Waals surface area (Å²) in [7, 11) is 1.63.